The lowest BCUT2D eigenvalue weighted by Gasteiger charge is -2.31. The molecule has 0 aliphatic carbocycles. The maximum absolute atomic E-state index is 11.1. The second-order valence-electron chi connectivity index (χ2n) is 4.97. The van der Waals surface area contributed by atoms with E-state index in [0.717, 1.165) is 18.5 Å². The molecule has 106 valence electrons. The molecule has 20 heavy (non-hydrogen) atoms. The highest BCUT2D eigenvalue weighted by atomic mass is 16.4. The Kier molecular flexibility index (Phi) is 3.09. The first kappa shape index (κ1) is 12.6. The predicted octanol–water partition coefficient (Wildman–Crippen LogP) is 1.08. The minimum Gasteiger partial charge on any atom is -0.408 e. The lowest BCUT2D eigenvalue weighted by Crippen LogP contribution is -2.44. The molecule has 0 atom stereocenters. The maximum Gasteiger partial charge on any atom is 0.417 e. The summed E-state index contributed by atoms with van der Waals surface area (Å²) in [6.45, 7) is 1.33. The third-order valence-corrected chi connectivity index (χ3v) is 3.60. The van der Waals surface area contributed by atoms with E-state index in [9.17, 15) is 9.59 Å². The lowest BCUT2D eigenvalue weighted by molar-refractivity contribution is 0.193. The van der Waals surface area contributed by atoms with Crippen LogP contribution in [0.25, 0.3) is 11.1 Å². The quantitative estimate of drug-likeness (QED) is 0.763. The Morgan fingerprint density at radius 3 is 2.85 bits per heavy atom. The zero-order valence-electron chi connectivity index (χ0n) is 10.9. The number of nitrogens with two attached hydrogens (primary N) is 1. The topological polar surface area (TPSA) is 104 Å². The van der Waals surface area contributed by atoms with Crippen molar-refractivity contribution in [3.05, 3.63) is 28.7 Å². The van der Waals surface area contributed by atoms with E-state index >= 15 is 0 Å². The number of anilines is 1. The third-order valence-electron chi connectivity index (χ3n) is 3.60. The van der Waals surface area contributed by atoms with Crippen molar-refractivity contribution in [3.63, 3.8) is 0 Å². The van der Waals surface area contributed by atoms with Crippen molar-refractivity contribution in [2.24, 2.45) is 5.73 Å². The molecule has 2 amide bonds. The average molecular weight is 276 g/mol. The van der Waals surface area contributed by atoms with Crippen LogP contribution in [0.3, 0.4) is 0 Å². The fraction of sp³-hybridized carbons (Fsp3) is 0.385. The van der Waals surface area contributed by atoms with Gasteiger partial charge < -0.3 is 20.4 Å². The van der Waals surface area contributed by atoms with Crippen LogP contribution in [-0.4, -0.2) is 35.0 Å². The molecule has 2 heterocycles. The summed E-state index contributed by atoms with van der Waals surface area (Å²) in [5.41, 5.74) is 7.40. The van der Waals surface area contributed by atoms with E-state index in [0.29, 0.717) is 30.2 Å². The number of hydrogen-bond acceptors (Lipinski definition) is 4. The molecule has 7 heteroatoms. The number of nitrogens with zero attached hydrogens (tertiary/aromatic N) is 1. The molecule has 1 aromatic carbocycles. The van der Waals surface area contributed by atoms with Crippen molar-refractivity contribution in [1.29, 1.82) is 0 Å². The molecule has 0 saturated carbocycles. The average Bonchev–Trinajstić information content (AvgIpc) is 2.78. The highest BCUT2D eigenvalue weighted by Gasteiger charge is 2.21. The Morgan fingerprint density at radius 2 is 2.15 bits per heavy atom. The van der Waals surface area contributed by atoms with Gasteiger partial charge in [0.2, 0.25) is 0 Å². The highest BCUT2D eigenvalue weighted by Crippen LogP contribution is 2.20. The number of piperidine rings is 1. The lowest BCUT2D eigenvalue weighted by atomic mass is 10.0. The molecule has 4 N–H and O–H groups in total. The molecule has 2 aromatic rings. The highest BCUT2D eigenvalue weighted by molar-refractivity contribution is 5.77. The standard InChI is InChI=1S/C13H16N4O3/c14-12(18)17-5-3-8(4-6-17)15-9-1-2-11-10(7-9)16-13(19)20-11/h1-2,7-8,15H,3-6H2,(H2,14,18)(H,16,19). The molecule has 1 fully saturated rings. The first-order chi connectivity index (χ1) is 9.61. The number of amides is 2. The summed E-state index contributed by atoms with van der Waals surface area (Å²) in [6.07, 6.45) is 1.70. The number of aromatic nitrogens is 1. The van der Waals surface area contributed by atoms with Gasteiger partial charge in [-0.25, -0.2) is 9.59 Å². The number of hydrogen-bond donors (Lipinski definition) is 3. The van der Waals surface area contributed by atoms with Crippen molar-refractivity contribution >= 4 is 22.8 Å². The molecule has 0 spiro atoms. The van der Waals surface area contributed by atoms with Gasteiger partial charge in [-0.05, 0) is 31.0 Å². The Hall–Kier alpha value is -2.44. The van der Waals surface area contributed by atoms with Crippen molar-refractivity contribution in [2.45, 2.75) is 18.9 Å². The summed E-state index contributed by atoms with van der Waals surface area (Å²) in [7, 11) is 0. The zero-order chi connectivity index (χ0) is 14.1. The van der Waals surface area contributed by atoms with Crippen LogP contribution in [0.5, 0.6) is 0 Å². The van der Waals surface area contributed by atoms with Gasteiger partial charge in [-0.3, -0.25) is 4.98 Å². The summed E-state index contributed by atoms with van der Waals surface area (Å²) in [5.74, 6) is -0.452. The molecule has 0 radical (unpaired) electrons. The normalized spacial score (nSPS) is 16.5. The first-order valence-electron chi connectivity index (χ1n) is 6.55. The van der Waals surface area contributed by atoms with Crippen LogP contribution in [0, 0.1) is 0 Å². The minimum absolute atomic E-state index is 0.293. The number of nitrogens with one attached hydrogen (secondary N) is 2. The summed E-state index contributed by atoms with van der Waals surface area (Å²) >= 11 is 0. The van der Waals surface area contributed by atoms with E-state index < -0.39 is 5.76 Å². The van der Waals surface area contributed by atoms with Crippen LogP contribution in [-0.2, 0) is 0 Å². The smallest absolute Gasteiger partial charge is 0.408 e. The zero-order valence-corrected chi connectivity index (χ0v) is 10.9. The van der Waals surface area contributed by atoms with Gasteiger partial charge in [0.15, 0.2) is 5.58 Å². The van der Waals surface area contributed by atoms with E-state index in [1.54, 1.807) is 11.0 Å². The van der Waals surface area contributed by atoms with Gasteiger partial charge in [-0.1, -0.05) is 0 Å². The number of carbonyl (C=O) groups excluding carboxylic acids is 1. The van der Waals surface area contributed by atoms with Gasteiger partial charge in [-0.15, -0.1) is 0 Å². The van der Waals surface area contributed by atoms with Crippen molar-refractivity contribution in [2.75, 3.05) is 18.4 Å². The molecule has 1 aliphatic rings. The van der Waals surface area contributed by atoms with E-state index in [1.165, 1.54) is 0 Å². The van der Waals surface area contributed by atoms with Gasteiger partial charge >= 0.3 is 11.8 Å². The number of primary amides is 1. The summed E-state index contributed by atoms with van der Waals surface area (Å²) in [6, 6.07) is 5.41. The SMILES string of the molecule is NC(=O)N1CCC(Nc2ccc3oc(=O)[nH]c3c2)CC1. The van der Waals surface area contributed by atoms with Crippen molar-refractivity contribution in [3.8, 4) is 0 Å². The maximum atomic E-state index is 11.1. The van der Waals surface area contributed by atoms with Crippen molar-refractivity contribution < 1.29 is 9.21 Å². The molecular formula is C13H16N4O3. The fourth-order valence-corrected chi connectivity index (χ4v) is 2.52. The van der Waals surface area contributed by atoms with Crippen LogP contribution >= 0.6 is 0 Å². The van der Waals surface area contributed by atoms with Gasteiger partial charge in [0.05, 0.1) is 5.52 Å². The molecule has 1 saturated heterocycles. The third kappa shape index (κ3) is 2.47. The van der Waals surface area contributed by atoms with E-state index in [4.69, 9.17) is 10.2 Å². The van der Waals surface area contributed by atoms with Crippen LogP contribution in [0.2, 0.25) is 0 Å². The van der Waals surface area contributed by atoms with Gasteiger partial charge in [-0.2, -0.15) is 0 Å². The predicted molar refractivity (Wildman–Crippen MR) is 74.6 cm³/mol. The number of benzene rings is 1. The van der Waals surface area contributed by atoms with Gasteiger partial charge in [0, 0.05) is 24.8 Å². The molecule has 7 nitrogen and oxygen atoms in total. The second kappa shape index (κ2) is 4.92. The van der Waals surface area contributed by atoms with Crippen LogP contribution < -0.4 is 16.8 Å². The Bertz CT molecular complexity index is 682. The molecule has 0 unspecified atom stereocenters. The number of rotatable bonds is 2. The Morgan fingerprint density at radius 1 is 1.40 bits per heavy atom. The molecule has 3 rings (SSSR count). The molecule has 0 bridgehead atoms. The number of aromatic amines is 1. The number of fused-ring (bicyclic) bond motifs is 1. The summed E-state index contributed by atoms with van der Waals surface area (Å²) < 4.78 is 4.96. The number of oxazole rings is 1. The van der Waals surface area contributed by atoms with Gasteiger partial charge in [0.25, 0.3) is 0 Å². The number of likely N-dealkylation sites (tertiary alicyclic amines) is 1. The Balaban J connectivity index is 1.68. The molecular weight excluding hydrogens is 260 g/mol. The fourth-order valence-electron chi connectivity index (χ4n) is 2.52. The summed E-state index contributed by atoms with van der Waals surface area (Å²) in [4.78, 5) is 26.4. The number of urea groups is 1. The monoisotopic (exact) mass is 276 g/mol. The number of H-pyrrole nitrogens is 1. The molecule has 1 aromatic heterocycles. The number of carbonyl (C=O) groups is 1. The van der Waals surface area contributed by atoms with E-state index in [-0.39, 0.29) is 6.03 Å². The van der Waals surface area contributed by atoms with Crippen LogP contribution in [0.1, 0.15) is 12.8 Å². The van der Waals surface area contributed by atoms with Crippen LogP contribution in [0.4, 0.5) is 10.5 Å². The van der Waals surface area contributed by atoms with Crippen molar-refractivity contribution in [1.82, 2.24) is 9.88 Å². The van der Waals surface area contributed by atoms with Gasteiger partial charge in [0.1, 0.15) is 0 Å². The summed E-state index contributed by atoms with van der Waals surface area (Å²) in [5, 5.41) is 3.40. The molecule has 1 aliphatic heterocycles. The largest absolute Gasteiger partial charge is 0.417 e. The van der Waals surface area contributed by atoms with E-state index in [1.807, 2.05) is 12.1 Å². The Labute approximate surface area is 114 Å². The second-order valence-corrected chi connectivity index (χ2v) is 4.97. The minimum atomic E-state index is -0.452. The van der Waals surface area contributed by atoms with E-state index in [2.05, 4.69) is 10.3 Å². The first-order valence-corrected chi connectivity index (χ1v) is 6.55. The van der Waals surface area contributed by atoms with Crippen LogP contribution in [0.15, 0.2) is 27.4 Å².